The standard InChI is InChI=1S/C26H34O6/c1-25(2)15-14-20(31-21(28)13-8-16-6-9-17(27)10-7-16)26(3)19(25)12-11-18-22(26)24(30-5)32-23(18)29-4/h6-11,13,19-20,22-24,27H,12,14-15H2,1-5H3/t19-,20+,22+,23-,24-,26+/m0/s1. The molecule has 0 spiro atoms. The van der Waals surface area contributed by atoms with Crippen molar-refractivity contribution in [3.63, 3.8) is 0 Å². The topological polar surface area (TPSA) is 74.2 Å². The molecule has 0 aromatic heterocycles. The molecule has 2 fully saturated rings. The van der Waals surface area contributed by atoms with Crippen LogP contribution < -0.4 is 0 Å². The zero-order valence-corrected chi connectivity index (χ0v) is 19.5. The summed E-state index contributed by atoms with van der Waals surface area (Å²) < 4.78 is 23.5. The number of carbonyl (C=O) groups is 1. The summed E-state index contributed by atoms with van der Waals surface area (Å²) in [5.41, 5.74) is 1.67. The van der Waals surface area contributed by atoms with Crippen LogP contribution in [-0.4, -0.2) is 44.0 Å². The van der Waals surface area contributed by atoms with Crippen LogP contribution in [-0.2, 0) is 23.7 Å². The zero-order chi connectivity index (χ0) is 23.1. The van der Waals surface area contributed by atoms with E-state index in [0.717, 1.165) is 30.4 Å². The van der Waals surface area contributed by atoms with Gasteiger partial charge in [0.1, 0.15) is 11.9 Å². The smallest absolute Gasteiger partial charge is 0.331 e. The highest BCUT2D eigenvalue weighted by Gasteiger charge is 2.63. The predicted molar refractivity (Wildman–Crippen MR) is 121 cm³/mol. The molecule has 32 heavy (non-hydrogen) atoms. The molecule has 1 aromatic rings. The molecule has 0 bridgehead atoms. The molecule has 0 radical (unpaired) electrons. The maximum absolute atomic E-state index is 12.8. The summed E-state index contributed by atoms with van der Waals surface area (Å²) in [5.74, 6) is 0.0911. The second-order valence-corrected chi connectivity index (χ2v) is 10.0. The van der Waals surface area contributed by atoms with Gasteiger partial charge >= 0.3 is 5.97 Å². The van der Waals surface area contributed by atoms with Crippen molar-refractivity contribution < 1.29 is 28.8 Å². The Morgan fingerprint density at radius 1 is 1.16 bits per heavy atom. The number of rotatable bonds is 5. The minimum atomic E-state index is -0.443. The number of phenolic OH excluding ortho intramolecular Hbond substituents is 1. The van der Waals surface area contributed by atoms with Gasteiger partial charge in [-0.3, -0.25) is 0 Å². The summed E-state index contributed by atoms with van der Waals surface area (Å²) in [6.45, 7) is 6.84. The van der Waals surface area contributed by atoms with Crippen molar-refractivity contribution in [3.05, 3.63) is 47.6 Å². The maximum Gasteiger partial charge on any atom is 0.331 e. The van der Waals surface area contributed by atoms with Gasteiger partial charge in [-0.05, 0) is 59.9 Å². The molecule has 0 unspecified atom stereocenters. The van der Waals surface area contributed by atoms with E-state index in [1.54, 1.807) is 44.6 Å². The average molecular weight is 443 g/mol. The monoisotopic (exact) mass is 442 g/mol. The fourth-order valence-electron chi connectivity index (χ4n) is 6.26. The van der Waals surface area contributed by atoms with E-state index in [1.807, 2.05) is 0 Å². The Hall–Kier alpha value is -2.15. The Labute approximate surface area is 190 Å². The third kappa shape index (κ3) is 3.89. The molecular weight excluding hydrogens is 408 g/mol. The molecule has 1 heterocycles. The van der Waals surface area contributed by atoms with Gasteiger partial charge < -0.3 is 24.1 Å². The minimum Gasteiger partial charge on any atom is -0.508 e. The lowest BCUT2D eigenvalue weighted by molar-refractivity contribution is -0.223. The lowest BCUT2D eigenvalue weighted by Crippen LogP contribution is -2.58. The first kappa shape index (κ1) is 23.0. The van der Waals surface area contributed by atoms with Crippen molar-refractivity contribution in [2.45, 2.75) is 58.7 Å². The van der Waals surface area contributed by atoms with E-state index in [0.29, 0.717) is 5.92 Å². The first-order chi connectivity index (χ1) is 15.2. The Bertz CT molecular complexity index is 901. The third-order valence-electron chi connectivity index (χ3n) is 7.87. The van der Waals surface area contributed by atoms with Crippen molar-refractivity contribution >= 4 is 12.0 Å². The maximum atomic E-state index is 12.8. The van der Waals surface area contributed by atoms with Crippen molar-refractivity contribution in [1.29, 1.82) is 0 Å². The molecule has 174 valence electrons. The molecule has 1 N–H and O–H groups in total. The average Bonchev–Trinajstić information content (AvgIpc) is 3.14. The van der Waals surface area contributed by atoms with Gasteiger partial charge in [0.2, 0.25) is 0 Å². The highest BCUT2D eigenvalue weighted by atomic mass is 16.8. The van der Waals surface area contributed by atoms with Crippen molar-refractivity contribution in [2.75, 3.05) is 14.2 Å². The molecule has 1 aromatic carbocycles. The number of hydrogen-bond donors (Lipinski definition) is 1. The van der Waals surface area contributed by atoms with Gasteiger partial charge in [-0.25, -0.2) is 4.79 Å². The molecule has 0 amide bonds. The minimum absolute atomic E-state index is 0.0466. The number of ether oxygens (including phenoxy) is 4. The SMILES string of the molecule is CO[C@H]1O[C@H](OC)[C@H]2C1=CC[C@H]1C(C)(C)CC[C@@H](OC(=O)C=Cc3ccc(O)cc3)[C@]21C. The van der Waals surface area contributed by atoms with Gasteiger partial charge in [0.05, 0.1) is 0 Å². The first-order valence-corrected chi connectivity index (χ1v) is 11.3. The molecule has 6 nitrogen and oxygen atoms in total. The van der Waals surface area contributed by atoms with Crippen molar-refractivity contribution in [2.24, 2.45) is 22.7 Å². The van der Waals surface area contributed by atoms with Crippen LogP contribution in [0.15, 0.2) is 42.0 Å². The highest BCUT2D eigenvalue weighted by molar-refractivity contribution is 5.87. The summed E-state index contributed by atoms with van der Waals surface area (Å²) >= 11 is 0. The Morgan fingerprint density at radius 2 is 1.88 bits per heavy atom. The van der Waals surface area contributed by atoms with Crippen LogP contribution >= 0.6 is 0 Å². The van der Waals surface area contributed by atoms with Crippen LogP contribution in [0.5, 0.6) is 5.75 Å². The summed E-state index contributed by atoms with van der Waals surface area (Å²) in [7, 11) is 3.30. The second-order valence-electron chi connectivity index (χ2n) is 10.0. The number of methoxy groups -OCH3 is 2. The largest absolute Gasteiger partial charge is 0.508 e. The quantitative estimate of drug-likeness (QED) is 0.405. The van der Waals surface area contributed by atoms with Gasteiger partial charge in [-0.15, -0.1) is 0 Å². The van der Waals surface area contributed by atoms with E-state index in [2.05, 4.69) is 26.8 Å². The van der Waals surface area contributed by atoms with Gasteiger partial charge in [0, 0.05) is 31.6 Å². The van der Waals surface area contributed by atoms with E-state index in [4.69, 9.17) is 18.9 Å². The Balaban J connectivity index is 1.62. The summed E-state index contributed by atoms with van der Waals surface area (Å²) in [4.78, 5) is 12.8. The number of benzene rings is 1. The van der Waals surface area contributed by atoms with Crippen molar-refractivity contribution in [3.8, 4) is 5.75 Å². The molecule has 3 aliphatic rings. The molecule has 6 heteroatoms. The van der Waals surface area contributed by atoms with E-state index in [9.17, 15) is 9.90 Å². The van der Waals surface area contributed by atoms with Gasteiger partial charge in [0.15, 0.2) is 12.6 Å². The summed E-state index contributed by atoms with van der Waals surface area (Å²) in [6, 6.07) is 6.68. The number of esters is 1. The summed E-state index contributed by atoms with van der Waals surface area (Å²) in [6.07, 6.45) is 6.95. The van der Waals surface area contributed by atoms with Crippen LogP contribution in [0.3, 0.4) is 0 Å². The van der Waals surface area contributed by atoms with Crippen LogP contribution in [0.2, 0.25) is 0 Å². The van der Waals surface area contributed by atoms with Gasteiger partial charge in [-0.1, -0.05) is 39.0 Å². The Kier molecular flexibility index (Phi) is 6.23. The van der Waals surface area contributed by atoms with Crippen molar-refractivity contribution in [1.82, 2.24) is 0 Å². The molecule has 6 atom stereocenters. The number of fused-ring (bicyclic) bond motifs is 3. The van der Waals surface area contributed by atoms with Crippen LogP contribution in [0.1, 0.15) is 45.6 Å². The van der Waals surface area contributed by atoms with Crippen LogP contribution in [0.25, 0.3) is 6.08 Å². The van der Waals surface area contributed by atoms with Gasteiger partial charge in [0.25, 0.3) is 0 Å². The predicted octanol–water partition coefficient (Wildman–Crippen LogP) is 4.68. The summed E-state index contributed by atoms with van der Waals surface area (Å²) in [5, 5.41) is 9.43. The lowest BCUT2D eigenvalue weighted by atomic mass is 9.47. The van der Waals surface area contributed by atoms with Crippen LogP contribution in [0, 0.1) is 22.7 Å². The molecule has 2 aliphatic carbocycles. The number of hydrogen-bond acceptors (Lipinski definition) is 6. The van der Waals surface area contributed by atoms with E-state index in [1.165, 1.54) is 6.08 Å². The molecule has 1 saturated heterocycles. The fourth-order valence-corrected chi connectivity index (χ4v) is 6.26. The fraction of sp³-hybridized carbons (Fsp3) is 0.577. The molecule has 1 aliphatic heterocycles. The Morgan fingerprint density at radius 3 is 2.53 bits per heavy atom. The van der Waals surface area contributed by atoms with E-state index < -0.39 is 12.6 Å². The second kappa shape index (κ2) is 8.65. The zero-order valence-electron chi connectivity index (χ0n) is 19.5. The number of phenols is 1. The van der Waals surface area contributed by atoms with Gasteiger partial charge in [-0.2, -0.15) is 0 Å². The lowest BCUT2D eigenvalue weighted by Gasteiger charge is -2.58. The third-order valence-corrected chi connectivity index (χ3v) is 7.87. The van der Waals surface area contributed by atoms with Crippen LogP contribution in [0.4, 0.5) is 0 Å². The number of aromatic hydroxyl groups is 1. The molecular formula is C26H34O6. The van der Waals surface area contributed by atoms with E-state index in [-0.39, 0.29) is 34.6 Å². The first-order valence-electron chi connectivity index (χ1n) is 11.3. The molecule has 4 rings (SSSR count). The number of carbonyl (C=O) groups excluding carboxylic acids is 1. The highest BCUT2D eigenvalue weighted by Crippen LogP contribution is 2.63. The number of allylic oxidation sites excluding steroid dienone is 1. The van der Waals surface area contributed by atoms with E-state index >= 15 is 0 Å². The molecule has 1 saturated carbocycles. The normalized spacial score (nSPS) is 35.8.